The van der Waals surface area contributed by atoms with E-state index in [2.05, 4.69) is 12.1 Å². The summed E-state index contributed by atoms with van der Waals surface area (Å²) in [6, 6.07) is 17.7. The molecule has 2 aromatic carbocycles. The summed E-state index contributed by atoms with van der Waals surface area (Å²) in [4.78, 5) is 40.4. The highest BCUT2D eigenvalue weighted by molar-refractivity contribution is 5.86. The van der Waals surface area contributed by atoms with E-state index >= 15 is 0 Å². The Balaban J connectivity index is 1.51. The van der Waals surface area contributed by atoms with Gasteiger partial charge in [-0.1, -0.05) is 48.5 Å². The van der Waals surface area contributed by atoms with Crippen LogP contribution in [0.1, 0.15) is 30.9 Å². The fraction of sp³-hybridized carbons (Fsp3) is 0.423. The maximum atomic E-state index is 12.7. The third kappa shape index (κ3) is 7.07. The van der Waals surface area contributed by atoms with Gasteiger partial charge in [0.25, 0.3) is 5.91 Å². The van der Waals surface area contributed by atoms with Crippen molar-refractivity contribution in [1.29, 1.82) is 0 Å². The molecule has 1 heterocycles. The number of nitrogens with zero attached hydrogens (tertiary/aromatic N) is 2. The fourth-order valence-electron chi connectivity index (χ4n) is 3.90. The molecule has 7 nitrogen and oxygen atoms in total. The van der Waals surface area contributed by atoms with Gasteiger partial charge in [0.05, 0.1) is 19.1 Å². The van der Waals surface area contributed by atoms with E-state index in [0.29, 0.717) is 38.3 Å². The molecule has 1 atom stereocenters. The van der Waals surface area contributed by atoms with E-state index in [4.69, 9.17) is 9.47 Å². The first-order chi connectivity index (χ1) is 16.0. The van der Waals surface area contributed by atoms with Gasteiger partial charge in [-0.05, 0) is 37.0 Å². The molecule has 0 N–H and O–H groups in total. The minimum atomic E-state index is -0.298. The van der Waals surface area contributed by atoms with Crippen LogP contribution in [0.3, 0.4) is 0 Å². The van der Waals surface area contributed by atoms with Crippen LogP contribution < -0.4 is 4.74 Å². The second-order valence-corrected chi connectivity index (χ2v) is 8.24. The predicted octanol–water partition coefficient (Wildman–Crippen LogP) is 2.92. The van der Waals surface area contributed by atoms with Gasteiger partial charge in [0.2, 0.25) is 5.91 Å². The number of rotatable bonds is 9. The van der Waals surface area contributed by atoms with Crippen LogP contribution in [-0.4, -0.2) is 67.5 Å². The first-order valence-electron chi connectivity index (χ1n) is 11.4. The van der Waals surface area contributed by atoms with Crippen LogP contribution in [0.2, 0.25) is 0 Å². The second kappa shape index (κ2) is 12.0. The van der Waals surface area contributed by atoms with Crippen molar-refractivity contribution in [3.05, 3.63) is 65.7 Å². The molecule has 3 rings (SSSR count). The van der Waals surface area contributed by atoms with E-state index in [1.165, 1.54) is 4.90 Å². The maximum Gasteiger partial charge on any atom is 0.310 e. The highest BCUT2D eigenvalue weighted by Crippen LogP contribution is 2.22. The molecule has 0 saturated carbocycles. The number of piperidine rings is 1. The van der Waals surface area contributed by atoms with Gasteiger partial charge < -0.3 is 19.3 Å². The lowest BCUT2D eigenvalue weighted by molar-refractivity contribution is -0.152. The van der Waals surface area contributed by atoms with E-state index in [1.807, 2.05) is 42.5 Å². The lowest BCUT2D eigenvalue weighted by Gasteiger charge is -2.32. The van der Waals surface area contributed by atoms with Crippen molar-refractivity contribution < 1.29 is 23.9 Å². The number of esters is 1. The number of benzene rings is 2. The molecule has 0 bridgehead atoms. The van der Waals surface area contributed by atoms with Crippen molar-refractivity contribution >= 4 is 17.8 Å². The third-order valence-electron chi connectivity index (χ3n) is 5.75. The Kier molecular flexibility index (Phi) is 8.87. The van der Waals surface area contributed by atoms with Gasteiger partial charge in [0, 0.05) is 26.6 Å². The van der Waals surface area contributed by atoms with Gasteiger partial charge in [0.1, 0.15) is 5.75 Å². The Bertz CT molecular complexity index is 947. The lowest BCUT2D eigenvalue weighted by atomic mass is 9.98. The number of ether oxygens (including phenoxy) is 2. The van der Waals surface area contributed by atoms with Gasteiger partial charge in [-0.2, -0.15) is 0 Å². The Hall–Kier alpha value is -3.35. The SMILES string of the molecule is CCOC(=O)C1CCCN(C(=O)CN(C)C(=O)COc2ccccc2Cc2ccccc2)C1. The summed E-state index contributed by atoms with van der Waals surface area (Å²) in [6.45, 7) is 2.81. The second-order valence-electron chi connectivity index (χ2n) is 8.24. The molecule has 0 aromatic heterocycles. The summed E-state index contributed by atoms with van der Waals surface area (Å²) in [7, 11) is 1.59. The van der Waals surface area contributed by atoms with Crippen LogP contribution >= 0.6 is 0 Å². The monoisotopic (exact) mass is 452 g/mol. The van der Waals surface area contributed by atoms with Crippen molar-refractivity contribution in [1.82, 2.24) is 9.80 Å². The highest BCUT2D eigenvalue weighted by Gasteiger charge is 2.30. The summed E-state index contributed by atoms with van der Waals surface area (Å²) in [5.41, 5.74) is 2.15. The van der Waals surface area contributed by atoms with E-state index < -0.39 is 0 Å². The van der Waals surface area contributed by atoms with E-state index in [1.54, 1.807) is 18.9 Å². The standard InChI is InChI=1S/C26H32N2O5/c1-3-32-26(31)22-13-9-15-28(17-22)24(29)18-27(2)25(30)19-33-23-14-8-7-12-21(23)16-20-10-5-4-6-11-20/h4-8,10-12,14,22H,3,9,13,15-19H2,1-2H3. The van der Waals surface area contributed by atoms with Gasteiger partial charge in [-0.3, -0.25) is 14.4 Å². The summed E-state index contributed by atoms with van der Waals surface area (Å²) in [6.07, 6.45) is 2.16. The normalized spacial score (nSPS) is 15.6. The predicted molar refractivity (Wildman–Crippen MR) is 125 cm³/mol. The zero-order valence-electron chi connectivity index (χ0n) is 19.4. The van der Waals surface area contributed by atoms with Crippen LogP contribution in [-0.2, 0) is 25.5 Å². The summed E-state index contributed by atoms with van der Waals surface area (Å²) in [5, 5.41) is 0. The van der Waals surface area contributed by atoms with Crippen LogP contribution in [0.15, 0.2) is 54.6 Å². The Morgan fingerprint density at radius 3 is 2.55 bits per heavy atom. The Morgan fingerprint density at radius 2 is 1.79 bits per heavy atom. The first-order valence-corrected chi connectivity index (χ1v) is 11.4. The van der Waals surface area contributed by atoms with Crippen LogP contribution in [0.25, 0.3) is 0 Å². The first kappa shape index (κ1) is 24.3. The molecule has 0 spiro atoms. The molecule has 0 radical (unpaired) electrons. The molecule has 176 valence electrons. The third-order valence-corrected chi connectivity index (χ3v) is 5.75. The average Bonchev–Trinajstić information content (AvgIpc) is 2.84. The van der Waals surface area contributed by atoms with Gasteiger partial charge in [-0.25, -0.2) is 0 Å². The van der Waals surface area contributed by atoms with Crippen molar-refractivity contribution in [2.24, 2.45) is 5.92 Å². The summed E-state index contributed by atoms with van der Waals surface area (Å²) in [5.74, 6) is -0.362. The molecule has 0 aliphatic carbocycles. The quantitative estimate of drug-likeness (QED) is 0.547. The number of amides is 2. The highest BCUT2D eigenvalue weighted by atomic mass is 16.5. The molecule has 2 aromatic rings. The molecule has 1 fully saturated rings. The van der Waals surface area contributed by atoms with Gasteiger partial charge >= 0.3 is 5.97 Å². The fourth-order valence-corrected chi connectivity index (χ4v) is 3.90. The van der Waals surface area contributed by atoms with Crippen molar-refractivity contribution in [3.63, 3.8) is 0 Å². The molecule has 1 aliphatic rings. The number of hydrogen-bond donors (Lipinski definition) is 0. The van der Waals surface area contributed by atoms with Crippen molar-refractivity contribution in [3.8, 4) is 5.75 Å². The Labute approximate surface area is 195 Å². The molecule has 1 unspecified atom stereocenters. The molecular formula is C26H32N2O5. The molecule has 1 aliphatic heterocycles. The number of likely N-dealkylation sites (tertiary alicyclic amines) is 1. The maximum absolute atomic E-state index is 12.7. The minimum Gasteiger partial charge on any atom is -0.483 e. The number of likely N-dealkylation sites (N-methyl/N-ethyl adjacent to an activating group) is 1. The number of hydrogen-bond acceptors (Lipinski definition) is 5. The zero-order valence-corrected chi connectivity index (χ0v) is 19.4. The van der Waals surface area contributed by atoms with Crippen molar-refractivity contribution in [2.75, 3.05) is 39.9 Å². The summed E-state index contributed by atoms with van der Waals surface area (Å²) >= 11 is 0. The van der Waals surface area contributed by atoms with Gasteiger partial charge in [0.15, 0.2) is 6.61 Å². The number of para-hydroxylation sites is 1. The van der Waals surface area contributed by atoms with E-state index in [0.717, 1.165) is 17.5 Å². The van der Waals surface area contributed by atoms with E-state index in [-0.39, 0.29) is 36.9 Å². The summed E-state index contributed by atoms with van der Waals surface area (Å²) < 4.78 is 10.9. The zero-order chi connectivity index (χ0) is 23.6. The lowest BCUT2D eigenvalue weighted by Crippen LogP contribution is -2.47. The molecule has 2 amide bonds. The molecule has 7 heteroatoms. The van der Waals surface area contributed by atoms with Gasteiger partial charge in [-0.15, -0.1) is 0 Å². The minimum absolute atomic E-state index is 0.0522. The smallest absolute Gasteiger partial charge is 0.310 e. The molecular weight excluding hydrogens is 420 g/mol. The van der Waals surface area contributed by atoms with Crippen LogP contribution in [0.4, 0.5) is 0 Å². The number of carbonyl (C=O) groups is 3. The topological polar surface area (TPSA) is 76.2 Å². The largest absolute Gasteiger partial charge is 0.483 e. The van der Waals surface area contributed by atoms with Crippen LogP contribution in [0, 0.1) is 5.92 Å². The molecule has 1 saturated heterocycles. The number of carbonyl (C=O) groups excluding carboxylic acids is 3. The Morgan fingerprint density at radius 1 is 1.06 bits per heavy atom. The van der Waals surface area contributed by atoms with Crippen molar-refractivity contribution in [2.45, 2.75) is 26.2 Å². The molecule has 33 heavy (non-hydrogen) atoms. The van der Waals surface area contributed by atoms with E-state index in [9.17, 15) is 14.4 Å². The van der Waals surface area contributed by atoms with Crippen LogP contribution in [0.5, 0.6) is 5.75 Å². The average molecular weight is 453 g/mol.